The molecule has 5 rings (SSSR count). The van der Waals surface area contributed by atoms with Gasteiger partial charge in [0, 0.05) is 30.4 Å². The summed E-state index contributed by atoms with van der Waals surface area (Å²) in [6, 6.07) is 11.7. The van der Waals surface area contributed by atoms with Crippen molar-refractivity contribution in [3.05, 3.63) is 59.7 Å². The topological polar surface area (TPSA) is 102 Å². The number of aryl methyl sites for hydroxylation is 1. The van der Waals surface area contributed by atoms with Crippen molar-refractivity contribution in [3.8, 4) is 17.2 Å². The highest BCUT2D eigenvalue weighted by Crippen LogP contribution is 2.61. The first-order valence-electron chi connectivity index (χ1n) is 11.0. The summed E-state index contributed by atoms with van der Waals surface area (Å²) in [6.45, 7) is 2.44. The molecule has 2 saturated carbocycles. The Morgan fingerprint density at radius 3 is 2.59 bits per heavy atom. The van der Waals surface area contributed by atoms with Crippen LogP contribution in [-0.4, -0.2) is 34.4 Å². The van der Waals surface area contributed by atoms with Crippen molar-refractivity contribution in [2.24, 2.45) is 5.41 Å². The summed E-state index contributed by atoms with van der Waals surface area (Å²) in [5.74, 6) is 2.34. The summed E-state index contributed by atoms with van der Waals surface area (Å²) >= 11 is 0. The molecule has 1 spiro atoms. The van der Waals surface area contributed by atoms with E-state index in [4.69, 9.17) is 9.15 Å². The summed E-state index contributed by atoms with van der Waals surface area (Å²) in [4.78, 5) is 16.5. The third kappa shape index (κ3) is 4.17. The zero-order valence-electron chi connectivity index (χ0n) is 18.3. The van der Waals surface area contributed by atoms with Crippen LogP contribution in [0.5, 0.6) is 5.75 Å². The number of nitrogens with zero attached hydrogens (tertiary/aromatic N) is 3. The van der Waals surface area contributed by atoms with Gasteiger partial charge in [0.1, 0.15) is 5.75 Å². The van der Waals surface area contributed by atoms with Crippen molar-refractivity contribution >= 4 is 6.03 Å². The van der Waals surface area contributed by atoms with Crippen LogP contribution < -0.4 is 15.4 Å². The number of rotatable bonds is 6. The van der Waals surface area contributed by atoms with Crippen LogP contribution in [-0.2, 0) is 6.54 Å². The number of ether oxygens (including phenoxy) is 1. The van der Waals surface area contributed by atoms with Crippen LogP contribution in [0.15, 0.2) is 47.0 Å². The van der Waals surface area contributed by atoms with Gasteiger partial charge in [0.2, 0.25) is 11.8 Å². The first-order valence-corrected chi connectivity index (χ1v) is 11.0. The smallest absolute Gasteiger partial charge is 0.315 e. The molecule has 0 radical (unpaired) electrons. The van der Waals surface area contributed by atoms with Gasteiger partial charge in [0.15, 0.2) is 0 Å². The number of nitrogens with one attached hydrogen (secondary N) is 2. The van der Waals surface area contributed by atoms with Gasteiger partial charge in [-0.3, -0.25) is 4.98 Å². The fraction of sp³-hybridized carbons (Fsp3) is 0.417. The number of hydrogen-bond donors (Lipinski definition) is 2. The molecule has 2 amide bonds. The van der Waals surface area contributed by atoms with Crippen LogP contribution in [0.3, 0.4) is 0 Å². The van der Waals surface area contributed by atoms with E-state index >= 15 is 0 Å². The first kappa shape index (κ1) is 20.5. The number of hydrogen-bond acceptors (Lipinski definition) is 6. The van der Waals surface area contributed by atoms with Crippen LogP contribution in [0, 0.1) is 12.3 Å². The van der Waals surface area contributed by atoms with Crippen LogP contribution in [0.4, 0.5) is 4.79 Å². The summed E-state index contributed by atoms with van der Waals surface area (Å²) in [5.41, 5.74) is 3.14. The fourth-order valence-corrected chi connectivity index (χ4v) is 4.85. The van der Waals surface area contributed by atoms with Crippen molar-refractivity contribution in [1.82, 2.24) is 25.8 Å². The van der Waals surface area contributed by atoms with Crippen molar-refractivity contribution in [2.75, 3.05) is 7.11 Å². The van der Waals surface area contributed by atoms with Crippen LogP contribution in [0.2, 0.25) is 0 Å². The maximum absolute atomic E-state index is 12.2. The Hall–Kier alpha value is -3.42. The van der Waals surface area contributed by atoms with Crippen LogP contribution >= 0.6 is 0 Å². The fourth-order valence-electron chi connectivity index (χ4n) is 4.85. The molecule has 32 heavy (non-hydrogen) atoms. The molecule has 1 aromatic carbocycles. The Morgan fingerprint density at radius 2 is 1.91 bits per heavy atom. The Bertz CT molecular complexity index is 1080. The molecule has 2 aromatic heterocycles. The minimum atomic E-state index is -0.121. The Kier molecular flexibility index (Phi) is 5.28. The molecule has 0 saturated heterocycles. The molecule has 8 nitrogen and oxygen atoms in total. The van der Waals surface area contributed by atoms with Gasteiger partial charge in [-0.05, 0) is 67.9 Å². The van der Waals surface area contributed by atoms with E-state index in [9.17, 15) is 4.79 Å². The van der Waals surface area contributed by atoms with Gasteiger partial charge in [0.25, 0.3) is 0 Å². The number of aromatic nitrogens is 3. The summed E-state index contributed by atoms with van der Waals surface area (Å²) in [7, 11) is 1.64. The van der Waals surface area contributed by atoms with Crippen molar-refractivity contribution in [1.29, 1.82) is 0 Å². The molecule has 0 aliphatic heterocycles. The highest BCUT2D eigenvalue weighted by atomic mass is 16.5. The molecule has 3 aromatic rings. The van der Waals surface area contributed by atoms with E-state index < -0.39 is 0 Å². The standard InChI is InChI=1S/C24H27N5O3/c1-15-3-6-17(14-25-15)21-28-29-22(32-21)18-9-24(10-18)11-19(12-24)27-23(30)26-13-16-4-7-20(31-2)8-5-16/h3-8,14,18-19H,9-13H2,1-2H3,(H2,26,27,30). The normalized spacial score (nSPS) is 23.8. The molecule has 2 heterocycles. The van der Waals surface area contributed by atoms with Crippen LogP contribution in [0.1, 0.15) is 48.7 Å². The van der Waals surface area contributed by atoms with Gasteiger partial charge in [-0.15, -0.1) is 10.2 Å². The lowest BCUT2D eigenvalue weighted by Gasteiger charge is -2.56. The van der Waals surface area contributed by atoms with Crippen molar-refractivity contribution < 1.29 is 13.9 Å². The van der Waals surface area contributed by atoms with E-state index in [1.165, 1.54) is 0 Å². The molecule has 166 valence electrons. The van der Waals surface area contributed by atoms with Gasteiger partial charge in [0.05, 0.1) is 12.7 Å². The molecule has 8 heteroatoms. The molecular weight excluding hydrogens is 406 g/mol. The monoisotopic (exact) mass is 433 g/mol. The maximum atomic E-state index is 12.2. The largest absolute Gasteiger partial charge is 0.497 e. The van der Waals surface area contributed by atoms with Crippen molar-refractivity contribution in [3.63, 3.8) is 0 Å². The Labute approximate surface area is 186 Å². The lowest BCUT2D eigenvalue weighted by atomic mass is 9.50. The van der Waals surface area contributed by atoms with Crippen LogP contribution in [0.25, 0.3) is 11.5 Å². The zero-order chi connectivity index (χ0) is 22.1. The lowest BCUT2D eigenvalue weighted by Crippen LogP contribution is -2.57. The number of urea groups is 1. The number of pyridine rings is 1. The Balaban J connectivity index is 1.05. The van der Waals surface area contributed by atoms with E-state index in [-0.39, 0.29) is 12.1 Å². The molecule has 2 N–H and O–H groups in total. The maximum Gasteiger partial charge on any atom is 0.315 e. The van der Waals surface area contributed by atoms with E-state index in [2.05, 4.69) is 25.8 Å². The van der Waals surface area contributed by atoms with E-state index in [1.807, 2.05) is 43.3 Å². The third-order valence-corrected chi connectivity index (χ3v) is 6.61. The summed E-state index contributed by atoms with van der Waals surface area (Å²) in [5, 5.41) is 14.5. The van der Waals surface area contributed by atoms with Gasteiger partial charge in [-0.25, -0.2) is 4.79 Å². The average molecular weight is 434 g/mol. The number of amides is 2. The predicted molar refractivity (Wildman–Crippen MR) is 118 cm³/mol. The molecular formula is C24H27N5O3. The average Bonchev–Trinajstić information content (AvgIpc) is 3.23. The third-order valence-electron chi connectivity index (χ3n) is 6.61. The second kappa shape index (κ2) is 8.26. The van der Waals surface area contributed by atoms with E-state index in [0.717, 1.165) is 48.3 Å². The minimum Gasteiger partial charge on any atom is -0.497 e. The number of methoxy groups -OCH3 is 1. The summed E-state index contributed by atoms with van der Waals surface area (Å²) in [6.07, 6.45) is 5.83. The van der Waals surface area contributed by atoms with Crippen molar-refractivity contribution in [2.45, 2.75) is 51.1 Å². The number of carbonyl (C=O) groups excluding carboxylic acids is 1. The second-order valence-corrected chi connectivity index (χ2v) is 9.02. The predicted octanol–water partition coefficient (Wildman–Crippen LogP) is 3.97. The van der Waals surface area contributed by atoms with Gasteiger partial charge in [-0.2, -0.15) is 0 Å². The molecule has 2 aliphatic rings. The molecule has 0 atom stereocenters. The Morgan fingerprint density at radius 1 is 1.12 bits per heavy atom. The molecule has 2 aliphatic carbocycles. The molecule has 0 bridgehead atoms. The van der Waals surface area contributed by atoms with E-state index in [1.54, 1.807) is 13.3 Å². The number of benzene rings is 1. The number of carbonyl (C=O) groups is 1. The zero-order valence-corrected chi connectivity index (χ0v) is 18.3. The van der Waals surface area contributed by atoms with E-state index in [0.29, 0.717) is 29.7 Å². The quantitative estimate of drug-likeness (QED) is 0.610. The highest BCUT2D eigenvalue weighted by Gasteiger charge is 2.54. The lowest BCUT2D eigenvalue weighted by molar-refractivity contribution is -0.0240. The molecule has 2 fully saturated rings. The SMILES string of the molecule is COc1ccc(CNC(=O)NC2CC3(C2)CC(c2nnc(-c4ccc(C)nc4)o2)C3)cc1. The van der Waals surface area contributed by atoms with Gasteiger partial charge in [-0.1, -0.05) is 12.1 Å². The first-order chi connectivity index (χ1) is 15.5. The highest BCUT2D eigenvalue weighted by molar-refractivity contribution is 5.74. The summed E-state index contributed by atoms with van der Waals surface area (Å²) < 4.78 is 11.1. The second-order valence-electron chi connectivity index (χ2n) is 9.02. The van der Waals surface area contributed by atoms with Gasteiger partial charge >= 0.3 is 6.03 Å². The molecule has 0 unspecified atom stereocenters. The van der Waals surface area contributed by atoms with Gasteiger partial charge < -0.3 is 19.8 Å². The minimum absolute atomic E-state index is 0.121.